The van der Waals surface area contributed by atoms with Gasteiger partial charge in [-0.05, 0) is 73.5 Å². The molecule has 1 aromatic rings. The van der Waals surface area contributed by atoms with Crippen molar-refractivity contribution < 1.29 is 9.53 Å². The summed E-state index contributed by atoms with van der Waals surface area (Å²) in [6, 6.07) is 4.24. The summed E-state index contributed by atoms with van der Waals surface area (Å²) in [6.07, 6.45) is 17.4. The first kappa shape index (κ1) is 20.5. The molecule has 1 N–H and O–H groups in total. The molecule has 0 spiro atoms. The van der Waals surface area contributed by atoms with Gasteiger partial charge in [-0.1, -0.05) is 49.3 Å². The van der Waals surface area contributed by atoms with Crippen molar-refractivity contribution in [1.82, 2.24) is 10.3 Å². The first-order chi connectivity index (χ1) is 15.0. The second-order valence-electron chi connectivity index (χ2n) is 10.2. The topological polar surface area (TPSA) is 51.2 Å². The maximum atomic E-state index is 11.9. The minimum atomic E-state index is -0.274. The van der Waals surface area contributed by atoms with Crippen molar-refractivity contribution in [2.45, 2.75) is 65.4 Å². The number of alkyl carbamates (subject to hydrolysis) is 1. The molecule has 164 valence electrons. The zero-order valence-corrected chi connectivity index (χ0v) is 19.0. The second-order valence-corrected chi connectivity index (χ2v) is 10.2. The zero-order valence-electron chi connectivity index (χ0n) is 19.0. The maximum absolute atomic E-state index is 11.9. The number of nitrogens with zero attached hydrogens (tertiary/aromatic N) is 1. The van der Waals surface area contributed by atoms with E-state index in [1.807, 2.05) is 25.4 Å². The van der Waals surface area contributed by atoms with Crippen LogP contribution in [0.25, 0.3) is 5.57 Å². The molecule has 1 amide bonds. The largest absolute Gasteiger partial charge is 0.446 e. The number of hydrogen-bond acceptors (Lipinski definition) is 3. The number of nitrogens with one attached hydrogen (secondary N) is 1. The number of fused-ring (bicyclic) bond motifs is 5. The fraction of sp³-hybridized carbons (Fsp3) is 0.556. The quantitative estimate of drug-likeness (QED) is 0.606. The predicted molar refractivity (Wildman–Crippen MR) is 123 cm³/mol. The van der Waals surface area contributed by atoms with Gasteiger partial charge in [0.05, 0.1) is 0 Å². The summed E-state index contributed by atoms with van der Waals surface area (Å²) in [5.74, 6) is 1.29. The van der Waals surface area contributed by atoms with Crippen molar-refractivity contribution in [3.05, 3.63) is 59.5 Å². The summed E-state index contributed by atoms with van der Waals surface area (Å²) in [7, 11) is 0. The number of aromatic nitrogens is 1. The van der Waals surface area contributed by atoms with E-state index in [-0.39, 0.29) is 23.0 Å². The summed E-state index contributed by atoms with van der Waals surface area (Å²) < 4.78 is 5.69. The normalized spacial score (nSPS) is 36.2. The van der Waals surface area contributed by atoms with Gasteiger partial charge in [-0.15, -0.1) is 0 Å². The lowest BCUT2D eigenvalue weighted by molar-refractivity contribution is 0.0250. The van der Waals surface area contributed by atoms with E-state index >= 15 is 0 Å². The zero-order chi connectivity index (χ0) is 21.6. The van der Waals surface area contributed by atoms with E-state index in [4.69, 9.17) is 4.74 Å². The Morgan fingerprint density at radius 2 is 2.13 bits per heavy atom. The van der Waals surface area contributed by atoms with Crippen LogP contribution in [0, 0.1) is 22.7 Å². The van der Waals surface area contributed by atoms with Crippen LogP contribution in [0.1, 0.15) is 64.9 Å². The van der Waals surface area contributed by atoms with E-state index in [2.05, 4.69) is 48.4 Å². The van der Waals surface area contributed by atoms with E-state index in [1.165, 1.54) is 29.6 Å². The molecule has 1 aromatic heterocycles. The van der Waals surface area contributed by atoms with Crippen molar-refractivity contribution in [2.24, 2.45) is 22.7 Å². The lowest BCUT2D eigenvalue weighted by Gasteiger charge is -2.56. The molecule has 0 bridgehead atoms. The molecular weight excluding hydrogens is 384 g/mol. The molecule has 2 fully saturated rings. The molecular formula is C27H34N2O2. The molecule has 2 saturated carbocycles. The Balaban J connectivity index is 1.37. The molecule has 1 heterocycles. The van der Waals surface area contributed by atoms with E-state index in [9.17, 15) is 4.79 Å². The van der Waals surface area contributed by atoms with Crippen LogP contribution in [0.2, 0.25) is 0 Å². The highest BCUT2D eigenvalue weighted by Gasteiger charge is 2.54. The first-order valence-electron chi connectivity index (χ1n) is 11.9. The average Bonchev–Trinajstić information content (AvgIpc) is 3.12. The van der Waals surface area contributed by atoms with Crippen molar-refractivity contribution in [2.75, 3.05) is 6.54 Å². The van der Waals surface area contributed by atoms with Crippen molar-refractivity contribution in [1.29, 1.82) is 0 Å². The highest BCUT2D eigenvalue weighted by molar-refractivity contribution is 5.78. The molecule has 4 aliphatic rings. The highest BCUT2D eigenvalue weighted by Crippen LogP contribution is 2.64. The van der Waals surface area contributed by atoms with Crippen molar-refractivity contribution in [3.8, 4) is 0 Å². The van der Waals surface area contributed by atoms with E-state index in [0.717, 1.165) is 25.7 Å². The van der Waals surface area contributed by atoms with Crippen LogP contribution >= 0.6 is 0 Å². The number of allylic oxidation sites excluding steroid dienone is 5. The average molecular weight is 419 g/mol. The van der Waals surface area contributed by atoms with Crippen molar-refractivity contribution >= 4 is 11.7 Å². The number of amides is 1. The minimum Gasteiger partial charge on any atom is -0.446 e. The molecule has 0 radical (unpaired) electrons. The Hall–Kier alpha value is -2.36. The van der Waals surface area contributed by atoms with Crippen LogP contribution in [0.3, 0.4) is 0 Å². The Morgan fingerprint density at radius 3 is 2.90 bits per heavy atom. The summed E-state index contributed by atoms with van der Waals surface area (Å²) in [4.78, 5) is 16.3. The molecule has 4 aliphatic carbocycles. The van der Waals surface area contributed by atoms with Crippen LogP contribution in [-0.4, -0.2) is 23.7 Å². The fourth-order valence-electron chi connectivity index (χ4n) is 7.01. The molecule has 0 saturated heterocycles. The van der Waals surface area contributed by atoms with Crippen LogP contribution in [-0.2, 0) is 4.74 Å². The van der Waals surface area contributed by atoms with Gasteiger partial charge in [0.25, 0.3) is 0 Å². The number of ether oxygens (including phenoxy) is 1. The van der Waals surface area contributed by atoms with Gasteiger partial charge in [0.2, 0.25) is 0 Å². The summed E-state index contributed by atoms with van der Waals surface area (Å²) in [5.41, 5.74) is 6.20. The van der Waals surface area contributed by atoms with E-state index in [1.54, 1.807) is 5.57 Å². The Bertz CT molecular complexity index is 963. The van der Waals surface area contributed by atoms with Crippen LogP contribution in [0.15, 0.2) is 53.9 Å². The maximum Gasteiger partial charge on any atom is 0.407 e. The standard InChI is InChI=1S/C27H34N2O2/c1-4-29-25(30)31-20-11-13-26(2)19(16-20)7-8-21-23-10-9-22(18-6-5-15-28-17-18)27(23,3)14-12-24(21)26/h5-7,9-10,15,17,20-21,24H,4,8,11-14,16H2,1-3H3,(H,29,30)/t20-,21?,24?,26-,27+/m0/s1. The third-order valence-electron chi connectivity index (χ3n) is 8.67. The summed E-state index contributed by atoms with van der Waals surface area (Å²) in [5, 5.41) is 2.77. The number of pyridine rings is 1. The summed E-state index contributed by atoms with van der Waals surface area (Å²) >= 11 is 0. The van der Waals surface area contributed by atoms with Crippen LogP contribution < -0.4 is 5.32 Å². The molecule has 4 nitrogen and oxygen atoms in total. The lowest BCUT2D eigenvalue weighted by atomic mass is 9.49. The number of carbonyl (C=O) groups excluding carboxylic acids is 1. The third kappa shape index (κ3) is 3.26. The Morgan fingerprint density at radius 1 is 1.26 bits per heavy atom. The predicted octanol–water partition coefficient (Wildman–Crippen LogP) is 6.07. The fourth-order valence-corrected chi connectivity index (χ4v) is 7.01. The van der Waals surface area contributed by atoms with Gasteiger partial charge in [0.15, 0.2) is 0 Å². The lowest BCUT2D eigenvalue weighted by Crippen LogP contribution is -2.47. The van der Waals surface area contributed by atoms with Crippen LogP contribution in [0.4, 0.5) is 4.79 Å². The van der Waals surface area contributed by atoms with Gasteiger partial charge in [-0.25, -0.2) is 4.79 Å². The molecule has 4 heteroatoms. The number of carbonyl (C=O) groups is 1. The Kier molecular flexibility index (Phi) is 5.07. The van der Waals surface area contributed by atoms with Gasteiger partial charge in [-0.3, -0.25) is 4.98 Å². The molecule has 0 aromatic carbocycles. The monoisotopic (exact) mass is 418 g/mol. The Labute approximate surface area is 185 Å². The van der Waals surface area contributed by atoms with Gasteiger partial charge < -0.3 is 10.1 Å². The summed E-state index contributed by atoms with van der Waals surface area (Å²) in [6.45, 7) is 7.45. The molecule has 0 aliphatic heterocycles. The molecule has 2 unspecified atom stereocenters. The van der Waals surface area contributed by atoms with Gasteiger partial charge in [-0.2, -0.15) is 0 Å². The molecule has 5 atom stereocenters. The highest BCUT2D eigenvalue weighted by atomic mass is 16.6. The minimum absolute atomic E-state index is 0.0147. The van der Waals surface area contributed by atoms with Gasteiger partial charge in [0.1, 0.15) is 6.10 Å². The van der Waals surface area contributed by atoms with Gasteiger partial charge >= 0.3 is 6.09 Å². The number of hydrogen-bond donors (Lipinski definition) is 1. The van der Waals surface area contributed by atoms with E-state index in [0.29, 0.717) is 18.4 Å². The SMILES string of the molecule is CCNC(=O)O[C@H]1CC[C@@]2(C)C(=CCC3C4=CC=C(c5cccnc5)[C@@]4(C)CCC32)C1. The third-order valence-corrected chi connectivity index (χ3v) is 8.67. The van der Waals surface area contributed by atoms with Crippen molar-refractivity contribution in [3.63, 3.8) is 0 Å². The van der Waals surface area contributed by atoms with Crippen LogP contribution in [0.5, 0.6) is 0 Å². The molecule has 31 heavy (non-hydrogen) atoms. The number of rotatable bonds is 3. The second kappa shape index (κ2) is 7.65. The molecule has 5 rings (SSSR count). The smallest absolute Gasteiger partial charge is 0.407 e. The van der Waals surface area contributed by atoms with Gasteiger partial charge in [0, 0.05) is 30.8 Å². The van der Waals surface area contributed by atoms with E-state index < -0.39 is 0 Å². The first-order valence-corrected chi connectivity index (χ1v) is 11.9.